The number of benzene rings is 1. The molecule has 1 aromatic carbocycles. The summed E-state index contributed by atoms with van der Waals surface area (Å²) in [6.07, 6.45) is 0.101. The lowest BCUT2D eigenvalue weighted by molar-refractivity contribution is 0.0699. The van der Waals surface area contributed by atoms with Gasteiger partial charge in [0.25, 0.3) is 5.91 Å². The molecular weight excluding hydrogens is 299 g/mol. The Labute approximate surface area is 128 Å². The van der Waals surface area contributed by atoms with Gasteiger partial charge in [-0.05, 0) is 38.7 Å². The Morgan fingerprint density at radius 3 is 2.80 bits per heavy atom. The second-order valence-corrected chi connectivity index (χ2v) is 6.23. The van der Waals surface area contributed by atoms with Crippen LogP contribution in [0.4, 0.5) is 0 Å². The van der Waals surface area contributed by atoms with E-state index in [4.69, 9.17) is 23.2 Å². The third-order valence-corrected chi connectivity index (χ3v) is 3.95. The molecular formula is C14H18Cl2N2O2. The molecule has 0 bridgehead atoms. The van der Waals surface area contributed by atoms with Crippen LogP contribution in [0.3, 0.4) is 0 Å². The monoisotopic (exact) mass is 316 g/mol. The molecule has 1 saturated heterocycles. The van der Waals surface area contributed by atoms with E-state index in [1.54, 1.807) is 23.1 Å². The molecule has 0 spiro atoms. The maximum atomic E-state index is 12.6. The van der Waals surface area contributed by atoms with E-state index >= 15 is 0 Å². The molecule has 2 rings (SSSR count). The lowest BCUT2D eigenvalue weighted by Gasteiger charge is -2.27. The van der Waals surface area contributed by atoms with Crippen molar-refractivity contribution in [1.82, 2.24) is 9.80 Å². The van der Waals surface area contributed by atoms with E-state index in [0.717, 1.165) is 0 Å². The SMILES string of the molecule is CN(C)CC1CC(O)CN1C(=O)c1cc(Cl)ccc1Cl. The van der Waals surface area contributed by atoms with Gasteiger partial charge in [0.05, 0.1) is 16.7 Å². The van der Waals surface area contributed by atoms with Gasteiger partial charge in [0, 0.05) is 24.2 Å². The maximum Gasteiger partial charge on any atom is 0.255 e. The number of hydrogen-bond acceptors (Lipinski definition) is 3. The van der Waals surface area contributed by atoms with Crippen molar-refractivity contribution in [2.45, 2.75) is 18.6 Å². The van der Waals surface area contributed by atoms with Crippen LogP contribution in [0.1, 0.15) is 16.8 Å². The van der Waals surface area contributed by atoms with Crippen molar-refractivity contribution in [2.24, 2.45) is 0 Å². The highest BCUT2D eigenvalue weighted by atomic mass is 35.5. The number of β-amino-alcohol motifs (C(OH)–C–C–N with tert-alkyl or cyclic N) is 1. The second kappa shape index (κ2) is 6.31. The van der Waals surface area contributed by atoms with Crippen LogP contribution >= 0.6 is 23.2 Å². The number of carbonyl (C=O) groups is 1. The molecule has 2 atom stereocenters. The molecule has 0 radical (unpaired) electrons. The first-order chi connectivity index (χ1) is 9.38. The first kappa shape index (κ1) is 15.6. The molecule has 1 heterocycles. The molecule has 0 aromatic heterocycles. The van der Waals surface area contributed by atoms with Crippen molar-refractivity contribution in [3.8, 4) is 0 Å². The van der Waals surface area contributed by atoms with Crippen molar-refractivity contribution in [3.05, 3.63) is 33.8 Å². The number of likely N-dealkylation sites (tertiary alicyclic amines) is 1. The van der Waals surface area contributed by atoms with Gasteiger partial charge in [-0.25, -0.2) is 0 Å². The summed E-state index contributed by atoms with van der Waals surface area (Å²) < 4.78 is 0. The molecule has 4 nitrogen and oxygen atoms in total. The molecule has 1 amide bonds. The lowest BCUT2D eigenvalue weighted by atomic mass is 10.1. The number of aliphatic hydroxyl groups is 1. The zero-order valence-corrected chi connectivity index (χ0v) is 13.0. The summed E-state index contributed by atoms with van der Waals surface area (Å²) in [5.74, 6) is -0.180. The van der Waals surface area contributed by atoms with Crippen molar-refractivity contribution in [3.63, 3.8) is 0 Å². The van der Waals surface area contributed by atoms with E-state index in [1.807, 2.05) is 19.0 Å². The molecule has 1 aromatic rings. The number of likely N-dealkylation sites (N-methyl/N-ethyl adjacent to an activating group) is 1. The molecule has 1 fully saturated rings. The van der Waals surface area contributed by atoms with Gasteiger partial charge in [0.2, 0.25) is 0 Å². The number of halogens is 2. The quantitative estimate of drug-likeness (QED) is 0.929. The Bertz CT molecular complexity index is 508. The molecule has 0 saturated carbocycles. The van der Waals surface area contributed by atoms with E-state index in [1.165, 1.54) is 0 Å². The summed E-state index contributed by atoms with van der Waals surface area (Å²) in [6, 6.07) is 4.83. The second-order valence-electron chi connectivity index (χ2n) is 5.39. The van der Waals surface area contributed by atoms with Gasteiger partial charge in [-0.15, -0.1) is 0 Å². The van der Waals surface area contributed by atoms with Gasteiger partial charge < -0.3 is 14.9 Å². The van der Waals surface area contributed by atoms with E-state index in [2.05, 4.69) is 0 Å². The Hall–Kier alpha value is -0.810. The Morgan fingerprint density at radius 1 is 1.45 bits per heavy atom. The predicted molar refractivity (Wildman–Crippen MR) is 80.5 cm³/mol. The number of carbonyl (C=O) groups excluding carboxylic acids is 1. The summed E-state index contributed by atoms with van der Waals surface area (Å²) in [4.78, 5) is 16.3. The van der Waals surface area contributed by atoms with Gasteiger partial charge in [-0.3, -0.25) is 4.79 Å². The number of amides is 1. The van der Waals surface area contributed by atoms with E-state index in [0.29, 0.717) is 35.1 Å². The van der Waals surface area contributed by atoms with Gasteiger partial charge >= 0.3 is 0 Å². The first-order valence-corrected chi connectivity index (χ1v) is 7.23. The van der Waals surface area contributed by atoms with Gasteiger partial charge in [0.1, 0.15) is 0 Å². The highest BCUT2D eigenvalue weighted by Gasteiger charge is 2.35. The van der Waals surface area contributed by atoms with Crippen LogP contribution in [0.25, 0.3) is 0 Å². The predicted octanol–water partition coefficient (Wildman–Crippen LogP) is 2.13. The largest absolute Gasteiger partial charge is 0.391 e. The third kappa shape index (κ3) is 3.44. The van der Waals surface area contributed by atoms with Crippen LogP contribution in [0.5, 0.6) is 0 Å². The molecule has 1 aliphatic rings. The fourth-order valence-corrected chi connectivity index (χ4v) is 2.92. The minimum atomic E-state index is -0.484. The van der Waals surface area contributed by atoms with Crippen molar-refractivity contribution < 1.29 is 9.90 Å². The topological polar surface area (TPSA) is 43.8 Å². The van der Waals surface area contributed by atoms with Crippen LogP contribution < -0.4 is 0 Å². The smallest absolute Gasteiger partial charge is 0.255 e. The Morgan fingerprint density at radius 2 is 2.15 bits per heavy atom. The third-order valence-electron chi connectivity index (χ3n) is 3.39. The van der Waals surface area contributed by atoms with Crippen LogP contribution in [0.15, 0.2) is 18.2 Å². The van der Waals surface area contributed by atoms with Crippen molar-refractivity contribution >= 4 is 29.1 Å². The zero-order valence-electron chi connectivity index (χ0n) is 11.5. The lowest BCUT2D eigenvalue weighted by Crippen LogP contribution is -2.41. The van der Waals surface area contributed by atoms with Crippen LogP contribution in [-0.4, -0.2) is 60.1 Å². The highest BCUT2D eigenvalue weighted by molar-refractivity contribution is 6.35. The maximum absolute atomic E-state index is 12.6. The van der Waals surface area contributed by atoms with Crippen LogP contribution in [-0.2, 0) is 0 Å². The van der Waals surface area contributed by atoms with E-state index < -0.39 is 6.10 Å². The highest BCUT2D eigenvalue weighted by Crippen LogP contribution is 2.26. The fourth-order valence-electron chi connectivity index (χ4n) is 2.55. The summed E-state index contributed by atoms with van der Waals surface area (Å²) >= 11 is 12.0. The molecule has 2 unspecified atom stereocenters. The van der Waals surface area contributed by atoms with Crippen molar-refractivity contribution in [1.29, 1.82) is 0 Å². The molecule has 0 aliphatic carbocycles. The van der Waals surface area contributed by atoms with Crippen LogP contribution in [0, 0.1) is 0 Å². The first-order valence-electron chi connectivity index (χ1n) is 6.47. The van der Waals surface area contributed by atoms with Crippen molar-refractivity contribution in [2.75, 3.05) is 27.2 Å². The van der Waals surface area contributed by atoms with Crippen LogP contribution in [0.2, 0.25) is 10.0 Å². The summed E-state index contributed by atoms with van der Waals surface area (Å²) in [5.41, 5.74) is 0.386. The molecule has 6 heteroatoms. The standard InChI is InChI=1S/C14H18Cl2N2O2/c1-17(2)7-10-6-11(19)8-18(10)14(20)12-5-9(15)3-4-13(12)16/h3-5,10-11,19H,6-8H2,1-2H3. The zero-order chi connectivity index (χ0) is 14.9. The average Bonchev–Trinajstić information content (AvgIpc) is 2.71. The Balaban J connectivity index is 2.24. The number of aliphatic hydroxyl groups excluding tert-OH is 1. The van der Waals surface area contributed by atoms with Gasteiger partial charge in [-0.1, -0.05) is 23.2 Å². The van der Waals surface area contributed by atoms with Gasteiger partial charge in [0.15, 0.2) is 0 Å². The minimum absolute atomic E-state index is 0.0115. The van der Waals surface area contributed by atoms with E-state index in [-0.39, 0.29) is 11.9 Å². The van der Waals surface area contributed by atoms with Gasteiger partial charge in [-0.2, -0.15) is 0 Å². The molecule has 20 heavy (non-hydrogen) atoms. The average molecular weight is 317 g/mol. The minimum Gasteiger partial charge on any atom is -0.391 e. The molecule has 110 valence electrons. The molecule has 1 aliphatic heterocycles. The number of rotatable bonds is 3. The number of hydrogen-bond donors (Lipinski definition) is 1. The van der Waals surface area contributed by atoms with E-state index in [9.17, 15) is 9.90 Å². The fraction of sp³-hybridized carbons (Fsp3) is 0.500. The molecule has 1 N–H and O–H groups in total. The summed E-state index contributed by atoms with van der Waals surface area (Å²) in [6.45, 7) is 1.04. The Kier molecular flexibility index (Phi) is 4.91. The summed E-state index contributed by atoms with van der Waals surface area (Å²) in [7, 11) is 3.89. The normalized spacial score (nSPS) is 22.6. The number of nitrogens with zero attached hydrogens (tertiary/aromatic N) is 2. The summed E-state index contributed by atoms with van der Waals surface area (Å²) in [5, 5.41) is 10.7.